The van der Waals surface area contributed by atoms with Gasteiger partial charge in [0.15, 0.2) is 0 Å². The molecule has 5 nitrogen and oxygen atoms in total. The van der Waals surface area contributed by atoms with Gasteiger partial charge in [-0.15, -0.1) is 0 Å². The first-order valence-electron chi connectivity index (χ1n) is 9.99. The van der Waals surface area contributed by atoms with Crippen LogP contribution in [-0.4, -0.2) is 30.1 Å². The van der Waals surface area contributed by atoms with Crippen molar-refractivity contribution in [2.24, 2.45) is 5.92 Å². The van der Waals surface area contributed by atoms with Gasteiger partial charge in [0.1, 0.15) is 18.2 Å². The molecule has 0 saturated heterocycles. The monoisotopic (exact) mass is 375 g/mol. The third kappa shape index (κ3) is 8.57. The number of carbonyl (C=O) groups is 2. The van der Waals surface area contributed by atoms with E-state index in [1.807, 2.05) is 51.1 Å². The van der Waals surface area contributed by atoms with E-state index in [1.165, 1.54) is 19.3 Å². The van der Waals surface area contributed by atoms with E-state index >= 15 is 0 Å². The number of esters is 2. The van der Waals surface area contributed by atoms with Crippen LogP contribution in [0.4, 0.5) is 0 Å². The van der Waals surface area contributed by atoms with E-state index in [4.69, 9.17) is 9.47 Å². The molecular weight excluding hydrogens is 342 g/mol. The normalized spacial score (nSPS) is 16.6. The summed E-state index contributed by atoms with van der Waals surface area (Å²) >= 11 is 0. The summed E-state index contributed by atoms with van der Waals surface area (Å²) in [5.41, 5.74) is 0.397. The summed E-state index contributed by atoms with van der Waals surface area (Å²) < 4.78 is 10.8. The molecule has 0 bridgehead atoms. The first kappa shape index (κ1) is 21.4. The molecule has 0 radical (unpaired) electrons. The standard InChI is InChI=1S/C22H33NO4/c1-22(2,3)27-21(25)19(14-17-10-6-4-7-11-17)23-15-20(24)26-16-18-12-8-5-9-13-18/h5,8-9,12-13,17,19,23H,4,6-7,10-11,14-16H2,1-3H3/t19-/m1/s1. The van der Waals surface area contributed by atoms with Crippen LogP contribution in [0.15, 0.2) is 30.3 Å². The average molecular weight is 376 g/mol. The van der Waals surface area contributed by atoms with Crippen molar-refractivity contribution < 1.29 is 19.1 Å². The van der Waals surface area contributed by atoms with Crippen molar-refractivity contribution in [3.05, 3.63) is 35.9 Å². The fraction of sp³-hybridized carbons (Fsp3) is 0.636. The van der Waals surface area contributed by atoms with Gasteiger partial charge in [0.25, 0.3) is 0 Å². The molecule has 5 heteroatoms. The molecule has 27 heavy (non-hydrogen) atoms. The van der Waals surface area contributed by atoms with Gasteiger partial charge in [0.05, 0.1) is 6.54 Å². The minimum Gasteiger partial charge on any atom is -0.460 e. The number of carbonyl (C=O) groups excluding carboxylic acids is 2. The lowest BCUT2D eigenvalue weighted by Crippen LogP contribution is -2.44. The number of hydrogen-bond donors (Lipinski definition) is 1. The highest BCUT2D eigenvalue weighted by Gasteiger charge is 2.28. The van der Waals surface area contributed by atoms with Gasteiger partial charge in [-0.2, -0.15) is 0 Å². The van der Waals surface area contributed by atoms with Gasteiger partial charge < -0.3 is 9.47 Å². The Balaban J connectivity index is 1.85. The van der Waals surface area contributed by atoms with Crippen LogP contribution in [0.25, 0.3) is 0 Å². The van der Waals surface area contributed by atoms with Crippen LogP contribution in [0.3, 0.4) is 0 Å². The van der Waals surface area contributed by atoms with Crippen LogP contribution in [0.2, 0.25) is 0 Å². The molecule has 150 valence electrons. The van der Waals surface area contributed by atoms with E-state index in [0.29, 0.717) is 12.3 Å². The van der Waals surface area contributed by atoms with E-state index in [0.717, 1.165) is 18.4 Å². The molecule has 1 aromatic rings. The van der Waals surface area contributed by atoms with Gasteiger partial charge in [0, 0.05) is 0 Å². The van der Waals surface area contributed by atoms with Crippen molar-refractivity contribution in [1.29, 1.82) is 0 Å². The highest BCUT2D eigenvalue weighted by Crippen LogP contribution is 2.28. The second-order valence-corrected chi connectivity index (χ2v) is 8.35. The second kappa shape index (κ2) is 10.5. The summed E-state index contributed by atoms with van der Waals surface area (Å²) in [5.74, 6) is -0.149. The largest absolute Gasteiger partial charge is 0.460 e. The number of benzene rings is 1. The van der Waals surface area contributed by atoms with Crippen molar-refractivity contribution in [2.75, 3.05) is 6.54 Å². The van der Waals surface area contributed by atoms with E-state index in [1.54, 1.807) is 0 Å². The zero-order valence-corrected chi connectivity index (χ0v) is 16.8. The van der Waals surface area contributed by atoms with Crippen LogP contribution in [-0.2, 0) is 25.7 Å². The fourth-order valence-corrected chi connectivity index (χ4v) is 3.39. The smallest absolute Gasteiger partial charge is 0.323 e. The van der Waals surface area contributed by atoms with E-state index < -0.39 is 11.6 Å². The summed E-state index contributed by atoms with van der Waals surface area (Å²) in [6.07, 6.45) is 6.68. The third-order valence-electron chi connectivity index (χ3n) is 4.72. The Bertz CT molecular complexity index is 588. The average Bonchev–Trinajstić information content (AvgIpc) is 2.63. The van der Waals surface area contributed by atoms with Crippen LogP contribution in [0.5, 0.6) is 0 Å². The first-order valence-corrected chi connectivity index (χ1v) is 9.99. The Kier molecular flexibility index (Phi) is 8.29. The maximum absolute atomic E-state index is 12.6. The number of ether oxygens (including phenoxy) is 2. The molecule has 2 rings (SSSR count). The minimum atomic E-state index is -0.544. The van der Waals surface area contributed by atoms with Gasteiger partial charge in [0.2, 0.25) is 0 Å². The van der Waals surface area contributed by atoms with Crippen molar-refractivity contribution in [1.82, 2.24) is 5.32 Å². The molecule has 0 heterocycles. The third-order valence-corrected chi connectivity index (χ3v) is 4.72. The van der Waals surface area contributed by atoms with E-state index in [9.17, 15) is 9.59 Å². The maximum atomic E-state index is 12.6. The SMILES string of the molecule is CC(C)(C)OC(=O)[C@@H](CC1CCCCC1)NCC(=O)OCc1ccccc1. The van der Waals surface area contributed by atoms with Crippen LogP contribution in [0.1, 0.15) is 64.9 Å². The van der Waals surface area contributed by atoms with Gasteiger partial charge in [-0.05, 0) is 38.7 Å². The number of hydrogen-bond acceptors (Lipinski definition) is 5. The lowest BCUT2D eigenvalue weighted by Gasteiger charge is -2.28. The Hall–Kier alpha value is -1.88. The molecule has 1 saturated carbocycles. The van der Waals surface area contributed by atoms with Crippen LogP contribution in [0, 0.1) is 5.92 Å². The molecule has 1 N–H and O–H groups in total. The highest BCUT2D eigenvalue weighted by atomic mass is 16.6. The summed E-state index contributed by atoms with van der Waals surface area (Å²) in [7, 11) is 0. The zero-order valence-electron chi connectivity index (χ0n) is 16.8. The van der Waals surface area contributed by atoms with Crippen LogP contribution < -0.4 is 5.32 Å². The summed E-state index contributed by atoms with van der Waals surface area (Å²) in [6.45, 7) is 5.81. The molecule has 0 unspecified atom stereocenters. The van der Waals surface area contributed by atoms with Crippen LogP contribution >= 0.6 is 0 Å². The van der Waals surface area contributed by atoms with Crippen molar-refractivity contribution in [3.8, 4) is 0 Å². The second-order valence-electron chi connectivity index (χ2n) is 8.35. The molecular formula is C22H33NO4. The zero-order chi connectivity index (χ0) is 19.7. The predicted molar refractivity (Wildman–Crippen MR) is 105 cm³/mol. The molecule has 1 atom stereocenters. The molecule has 0 aliphatic heterocycles. The summed E-state index contributed by atoms with van der Waals surface area (Å²) in [5, 5.41) is 3.08. The minimum absolute atomic E-state index is 0.00344. The summed E-state index contributed by atoms with van der Waals surface area (Å²) in [4.78, 5) is 24.7. The lowest BCUT2D eigenvalue weighted by atomic mass is 9.85. The molecule has 0 amide bonds. The topological polar surface area (TPSA) is 64.6 Å². The quantitative estimate of drug-likeness (QED) is 0.696. The molecule has 1 aliphatic rings. The fourth-order valence-electron chi connectivity index (χ4n) is 3.39. The van der Waals surface area contributed by atoms with Gasteiger partial charge in [-0.1, -0.05) is 62.4 Å². The Morgan fingerprint density at radius 1 is 1.11 bits per heavy atom. The van der Waals surface area contributed by atoms with Gasteiger partial charge >= 0.3 is 11.9 Å². The van der Waals surface area contributed by atoms with Gasteiger partial charge in [-0.25, -0.2) is 0 Å². The van der Waals surface area contributed by atoms with Crippen molar-refractivity contribution in [3.63, 3.8) is 0 Å². The Labute approximate surface area is 162 Å². The molecule has 0 spiro atoms. The molecule has 1 aromatic carbocycles. The molecule has 0 aromatic heterocycles. The van der Waals surface area contributed by atoms with E-state index in [2.05, 4.69) is 5.32 Å². The Morgan fingerprint density at radius 3 is 2.41 bits per heavy atom. The van der Waals surface area contributed by atoms with E-state index in [-0.39, 0.29) is 25.1 Å². The number of nitrogens with one attached hydrogen (secondary N) is 1. The maximum Gasteiger partial charge on any atom is 0.323 e. The highest BCUT2D eigenvalue weighted by molar-refractivity contribution is 5.78. The lowest BCUT2D eigenvalue weighted by molar-refractivity contribution is -0.158. The predicted octanol–water partition coefficient (Wildman–Crippen LogP) is 4.00. The first-order chi connectivity index (χ1) is 12.8. The Morgan fingerprint density at radius 2 is 1.78 bits per heavy atom. The van der Waals surface area contributed by atoms with Crippen molar-refractivity contribution in [2.45, 2.75) is 77.5 Å². The molecule has 1 aliphatic carbocycles. The van der Waals surface area contributed by atoms with Gasteiger partial charge in [-0.3, -0.25) is 14.9 Å². The summed E-state index contributed by atoms with van der Waals surface area (Å²) in [6, 6.07) is 9.08. The molecule has 1 fully saturated rings. The number of rotatable bonds is 8. The van der Waals surface area contributed by atoms with Crippen molar-refractivity contribution >= 4 is 11.9 Å².